The number of halogens is 1. The number of aryl methyl sites for hydroxylation is 1. The lowest BCUT2D eigenvalue weighted by Gasteiger charge is -2.18. The number of nitriles is 1. The number of rotatable bonds is 6. The normalized spacial score (nSPS) is 11.2. The van der Waals surface area contributed by atoms with E-state index in [1.165, 1.54) is 0 Å². The fourth-order valence-corrected chi connectivity index (χ4v) is 2.41. The van der Waals surface area contributed by atoms with Gasteiger partial charge in [-0.1, -0.05) is 15.9 Å². The quantitative estimate of drug-likeness (QED) is 0.865. The lowest BCUT2D eigenvalue weighted by atomic mass is 9.92. The van der Waals surface area contributed by atoms with Gasteiger partial charge in [-0.2, -0.15) is 5.26 Å². The van der Waals surface area contributed by atoms with E-state index in [1.54, 1.807) is 0 Å². The summed E-state index contributed by atoms with van der Waals surface area (Å²) < 4.78 is 6.96. The zero-order chi connectivity index (χ0) is 14.5. The minimum atomic E-state index is -0.341. The van der Waals surface area contributed by atoms with E-state index < -0.39 is 0 Å². The average Bonchev–Trinajstić information content (AvgIpc) is 2.33. The highest BCUT2D eigenvalue weighted by Crippen LogP contribution is 2.29. The molecule has 1 N–H and O–H groups in total. The lowest BCUT2D eigenvalue weighted by Crippen LogP contribution is -2.15. The maximum absolute atomic E-state index is 9.00. The molecule has 0 spiro atoms. The number of hydrogen-bond donors (Lipinski definition) is 1. The summed E-state index contributed by atoms with van der Waals surface area (Å²) in [7, 11) is 1.92. The number of nitrogens with zero attached hydrogens (tertiary/aromatic N) is 1. The van der Waals surface area contributed by atoms with Crippen LogP contribution in [0.25, 0.3) is 0 Å². The van der Waals surface area contributed by atoms with Crippen LogP contribution in [0.4, 0.5) is 0 Å². The van der Waals surface area contributed by atoms with E-state index in [0.29, 0.717) is 6.61 Å². The van der Waals surface area contributed by atoms with Gasteiger partial charge in [0.05, 0.1) is 18.1 Å². The highest BCUT2D eigenvalue weighted by molar-refractivity contribution is 9.10. The minimum absolute atomic E-state index is 0.341. The molecule has 3 nitrogen and oxygen atoms in total. The molecular weight excluding hydrogens is 304 g/mol. The number of benzene rings is 1. The second kappa shape index (κ2) is 6.93. The molecule has 0 aliphatic carbocycles. The molecule has 1 aromatic carbocycles. The average molecular weight is 325 g/mol. The lowest BCUT2D eigenvalue weighted by molar-refractivity contribution is 0.260. The molecule has 0 amide bonds. The Balaban J connectivity index is 2.80. The first-order valence-corrected chi connectivity index (χ1v) is 7.16. The molecular formula is C15H21BrN2O. The topological polar surface area (TPSA) is 45.0 Å². The van der Waals surface area contributed by atoms with Crippen molar-refractivity contribution in [3.8, 4) is 11.8 Å². The number of ether oxygens (including phenoxy) is 1. The highest BCUT2D eigenvalue weighted by Gasteiger charge is 2.17. The van der Waals surface area contributed by atoms with Crippen molar-refractivity contribution >= 4 is 15.9 Å². The molecule has 0 unspecified atom stereocenters. The molecule has 1 aromatic rings. The summed E-state index contributed by atoms with van der Waals surface area (Å²) >= 11 is 3.50. The summed E-state index contributed by atoms with van der Waals surface area (Å²) in [6, 6.07) is 6.40. The fourth-order valence-electron chi connectivity index (χ4n) is 1.79. The summed E-state index contributed by atoms with van der Waals surface area (Å²) in [5.41, 5.74) is 1.89. The summed E-state index contributed by atoms with van der Waals surface area (Å²) in [6.45, 7) is 7.21. The van der Waals surface area contributed by atoms with Gasteiger partial charge in [-0.05, 0) is 51.9 Å². The summed E-state index contributed by atoms with van der Waals surface area (Å²) in [5.74, 6) is 0.922. The van der Waals surface area contributed by atoms with Crippen LogP contribution < -0.4 is 10.1 Å². The van der Waals surface area contributed by atoms with E-state index in [1.807, 2.05) is 33.9 Å². The van der Waals surface area contributed by atoms with Crippen LogP contribution in [0.1, 0.15) is 31.4 Å². The van der Waals surface area contributed by atoms with E-state index in [9.17, 15) is 0 Å². The first-order valence-electron chi connectivity index (χ1n) is 6.37. The Hall–Kier alpha value is -1.05. The van der Waals surface area contributed by atoms with Crippen LogP contribution in [0.15, 0.2) is 16.6 Å². The van der Waals surface area contributed by atoms with Gasteiger partial charge in [-0.25, -0.2) is 0 Å². The van der Waals surface area contributed by atoms with Gasteiger partial charge in [0, 0.05) is 16.6 Å². The highest BCUT2D eigenvalue weighted by atomic mass is 79.9. The SMILES string of the molecule is CNCc1cc(Br)cc(C)c1OCCC(C)(C)C#N. The third-order valence-electron chi connectivity index (χ3n) is 2.96. The third-order valence-corrected chi connectivity index (χ3v) is 3.42. The van der Waals surface area contributed by atoms with Gasteiger partial charge in [-0.3, -0.25) is 0 Å². The Morgan fingerprint density at radius 1 is 1.42 bits per heavy atom. The second-order valence-corrected chi connectivity index (χ2v) is 6.25. The van der Waals surface area contributed by atoms with Gasteiger partial charge in [0.25, 0.3) is 0 Å². The van der Waals surface area contributed by atoms with Crippen molar-refractivity contribution in [1.82, 2.24) is 5.32 Å². The first-order chi connectivity index (χ1) is 8.89. The van der Waals surface area contributed by atoms with Crippen LogP contribution >= 0.6 is 15.9 Å². The molecule has 0 fully saturated rings. The molecule has 19 heavy (non-hydrogen) atoms. The number of nitrogens with one attached hydrogen (secondary N) is 1. The molecule has 4 heteroatoms. The van der Waals surface area contributed by atoms with Gasteiger partial charge in [0.15, 0.2) is 0 Å². The Kier molecular flexibility index (Phi) is 5.84. The Labute approximate surface area is 124 Å². The number of hydrogen-bond acceptors (Lipinski definition) is 3. The molecule has 0 aromatic heterocycles. The Bertz CT molecular complexity index is 478. The molecule has 1 rings (SSSR count). The Morgan fingerprint density at radius 3 is 2.68 bits per heavy atom. The van der Waals surface area contributed by atoms with Crippen molar-refractivity contribution < 1.29 is 4.74 Å². The standard InChI is InChI=1S/C15H21BrN2O/c1-11-7-13(16)8-12(9-18-4)14(11)19-6-5-15(2,3)10-17/h7-8,18H,5-6,9H2,1-4H3. The molecule has 0 aliphatic rings. The molecule has 0 saturated carbocycles. The van der Waals surface area contributed by atoms with Crippen LogP contribution in [0.2, 0.25) is 0 Å². The summed E-state index contributed by atoms with van der Waals surface area (Å²) in [4.78, 5) is 0. The maximum atomic E-state index is 9.00. The zero-order valence-electron chi connectivity index (χ0n) is 12.0. The smallest absolute Gasteiger partial charge is 0.126 e. The van der Waals surface area contributed by atoms with Crippen molar-refractivity contribution in [2.45, 2.75) is 33.7 Å². The van der Waals surface area contributed by atoms with E-state index in [-0.39, 0.29) is 5.41 Å². The molecule has 0 aliphatic heterocycles. The third kappa shape index (κ3) is 4.85. The maximum Gasteiger partial charge on any atom is 0.126 e. The summed E-state index contributed by atoms with van der Waals surface area (Å²) in [5, 5.41) is 12.1. The molecule has 104 valence electrons. The van der Waals surface area contributed by atoms with Gasteiger partial charge in [-0.15, -0.1) is 0 Å². The van der Waals surface area contributed by atoms with Gasteiger partial charge < -0.3 is 10.1 Å². The molecule has 0 bridgehead atoms. The monoisotopic (exact) mass is 324 g/mol. The van der Waals surface area contributed by atoms with Crippen LogP contribution in [0.3, 0.4) is 0 Å². The van der Waals surface area contributed by atoms with Crippen molar-refractivity contribution in [2.75, 3.05) is 13.7 Å². The second-order valence-electron chi connectivity index (χ2n) is 5.34. The Morgan fingerprint density at radius 2 is 2.11 bits per heavy atom. The van der Waals surface area contributed by atoms with Crippen molar-refractivity contribution in [2.24, 2.45) is 5.41 Å². The minimum Gasteiger partial charge on any atom is -0.493 e. The molecule has 0 radical (unpaired) electrons. The fraction of sp³-hybridized carbons (Fsp3) is 0.533. The van der Waals surface area contributed by atoms with E-state index in [2.05, 4.69) is 33.4 Å². The first kappa shape index (κ1) is 16.0. The molecule has 0 heterocycles. The van der Waals surface area contributed by atoms with E-state index in [4.69, 9.17) is 10.00 Å². The van der Waals surface area contributed by atoms with Crippen molar-refractivity contribution in [1.29, 1.82) is 5.26 Å². The van der Waals surface area contributed by atoms with Crippen LogP contribution in [-0.2, 0) is 6.54 Å². The van der Waals surface area contributed by atoms with Crippen LogP contribution in [0.5, 0.6) is 5.75 Å². The molecule has 0 saturated heterocycles. The van der Waals surface area contributed by atoms with Crippen LogP contribution in [-0.4, -0.2) is 13.7 Å². The molecule has 0 atom stereocenters. The van der Waals surface area contributed by atoms with E-state index >= 15 is 0 Å². The van der Waals surface area contributed by atoms with Gasteiger partial charge in [0.1, 0.15) is 5.75 Å². The van der Waals surface area contributed by atoms with Crippen LogP contribution in [0, 0.1) is 23.7 Å². The van der Waals surface area contributed by atoms with Gasteiger partial charge in [0.2, 0.25) is 0 Å². The van der Waals surface area contributed by atoms with Gasteiger partial charge >= 0.3 is 0 Å². The van der Waals surface area contributed by atoms with Crippen molar-refractivity contribution in [3.05, 3.63) is 27.7 Å². The summed E-state index contributed by atoms with van der Waals surface area (Å²) in [6.07, 6.45) is 0.720. The van der Waals surface area contributed by atoms with Crippen molar-refractivity contribution in [3.63, 3.8) is 0 Å². The zero-order valence-corrected chi connectivity index (χ0v) is 13.6. The van der Waals surface area contributed by atoms with E-state index in [0.717, 1.165) is 34.3 Å². The predicted molar refractivity (Wildman–Crippen MR) is 81.1 cm³/mol. The largest absolute Gasteiger partial charge is 0.493 e. The predicted octanol–water partition coefficient (Wildman–Crippen LogP) is 3.80.